The van der Waals surface area contributed by atoms with E-state index in [1.54, 1.807) is 30.3 Å². The zero-order chi connectivity index (χ0) is 16.2. The van der Waals surface area contributed by atoms with Crippen molar-refractivity contribution in [3.8, 4) is 11.8 Å². The third-order valence-electron chi connectivity index (χ3n) is 2.69. The van der Waals surface area contributed by atoms with Crippen LogP contribution in [0.25, 0.3) is 0 Å². The van der Waals surface area contributed by atoms with Crippen molar-refractivity contribution < 1.29 is 13.2 Å². The summed E-state index contributed by atoms with van der Waals surface area (Å²) in [5, 5.41) is 0. The summed E-state index contributed by atoms with van der Waals surface area (Å²) in [6.45, 7) is 1.52. The van der Waals surface area contributed by atoms with Crippen LogP contribution in [0.1, 0.15) is 22.8 Å². The Morgan fingerprint density at radius 2 is 1.91 bits per heavy atom. The summed E-state index contributed by atoms with van der Waals surface area (Å²) in [5.74, 6) is 5.59. The van der Waals surface area contributed by atoms with Crippen LogP contribution < -0.4 is 4.72 Å². The quantitative estimate of drug-likeness (QED) is 0.636. The number of benzene rings is 1. The Hall–Kier alpha value is -1.46. The maximum absolute atomic E-state index is 11.9. The number of sulfonamides is 1. The van der Waals surface area contributed by atoms with Crippen LogP contribution in [0.3, 0.4) is 0 Å². The van der Waals surface area contributed by atoms with Crippen molar-refractivity contribution in [3.05, 3.63) is 51.3 Å². The van der Waals surface area contributed by atoms with Crippen molar-refractivity contribution >= 4 is 43.1 Å². The van der Waals surface area contributed by atoms with Crippen molar-refractivity contribution in [2.24, 2.45) is 0 Å². The fraction of sp³-hybridized carbons (Fsp3) is 0.133. The number of rotatable bonds is 4. The Bertz CT molecular complexity index is 843. The first-order chi connectivity index (χ1) is 10.4. The normalized spacial score (nSPS) is 10.8. The fourth-order valence-electron chi connectivity index (χ4n) is 1.58. The van der Waals surface area contributed by atoms with Crippen LogP contribution in [-0.4, -0.2) is 20.7 Å². The number of thiophene rings is 1. The van der Waals surface area contributed by atoms with Gasteiger partial charge in [0.25, 0.3) is 10.0 Å². The first-order valence-corrected chi connectivity index (χ1v) is 9.32. The van der Waals surface area contributed by atoms with Crippen molar-refractivity contribution in [2.75, 3.05) is 6.54 Å². The first kappa shape index (κ1) is 16.9. The standard InChI is InChI=1S/C15H12BrNO3S2/c1-11(18)13-6-4-12(5-7-13)3-2-10-17-22(19,20)15-9-8-14(16)21-15/h4-9,17H,10H2,1H3. The molecule has 7 heteroatoms. The number of Topliss-reactive ketones (excluding diaryl/α,β-unsaturated/α-hetero) is 1. The summed E-state index contributed by atoms with van der Waals surface area (Å²) >= 11 is 4.37. The minimum Gasteiger partial charge on any atom is -0.295 e. The van der Waals surface area contributed by atoms with E-state index in [2.05, 4.69) is 32.5 Å². The molecule has 0 bridgehead atoms. The number of hydrogen-bond donors (Lipinski definition) is 1. The third-order valence-corrected chi connectivity index (χ3v) is 6.20. The maximum Gasteiger partial charge on any atom is 0.250 e. The van der Waals surface area contributed by atoms with Crippen LogP contribution in [0.5, 0.6) is 0 Å². The highest BCUT2D eigenvalue weighted by atomic mass is 79.9. The number of carbonyl (C=O) groups excluding carboxylic acids is 1. The summed E-state index contributed by atoms with van der Waals surface area (Å²) in [5.41, 5.74) is 1.34. The first-order valence-electron chi connectivity index (χ1n) is 6.23. The zero-order valence-corrected chi connectivity index (χ0v) is 14.8. The molecule has 0 atom stereocenters. The van der Waals surface area contributed by atoms with E-state index >= 15 is 0 Å². The molecule has 0 fully saturated rings. The van der Waals surface area contributed by atoms with E-state index in [0.717, 1.165) is 20.7 Å². The zero-order valence-electron chi connectivity index (χ0n) is 11.6. The van der Waals surface area contributed by atoms with E-state index in [9.17, 15) is 13.2 Å². The highest BCUT2D eigenvalue weighted by Crippen LogP contribution is 2.25. The second-order valence-electron chi connectivity index (χ2n) is 4.32. The second kappa shape index (κ2) is 7.20. The molecule has 0 amide bonds. The van der Waals surface area contributed by atoms with Gasteiger partial charge in [-0.15, -0.1) is 11.3 Å². The molecule has 0 unspecified atom stereocenters. The van der Waals surface area contributed by atoms with E-state index in [4.69, 9.17) is 0 Å². The van der Waals surface area contributed by atoms with Gasteiger partial charge in [-0.05, 0) is 47.1 Å². The molecule has 114 valence electrons. The molecule has 1 aromatic heterocycles. The minimum atomic E-state index is -3.52. The van der Waals surface area contributed by atoms with Crippen LogP contribution >= 0.6 is 27.3 Å². The summed E-state index contributed by atoms with van der Waals surface area (Å²) in [6, 6.07) is 10.1. The van der Waals surface area contributed by atoms with Gasteiger partial charge in [-0.2, -0.15) is 4.72 Å². The summed E-state index contributed by atoms with van der Waals surface area (Å²) in [7, 11) is -3.52. The van der Waals surface area contributed by atoms with Gasteiger partial charge >= 0.3 is 0 Å². The molecule has 4 nitrogen and oxygen atoms in total. The predicted octanol–water partition coefficient (Wildman–Crippen LogP) is 3.04. The Labute approximate surface area is 141 Å². The molecule has 0 aliphatic carbocycles. The molecule has 1 N–H and O–H groups in total. The van der Waals surface area contributed by atoms with Crippen LogP contribution in [-0.2, 0) is 10.0 Å². The number of hydrogen-bond acceptors (Lipinski definition) is 4. The van der Waals surface area contributed by atoms with E-state index in [1.165, 1.54) is 13.0 Å². The molecule has 0 saturated heterocycles. The molecule has 2 rings (SSSR count). The van der Waals surface area contributed by atoms with Crippen molar-refractivity contribution in [1.29, 1.82) is 0 Å². The molecule has 0 radical (unpaired) electrons. The molecule has 0 saturated carbocycles. The Morgan fingerprint density at radius 3 is 2.45 bits per heavy atom. The van der Waals surface area contributed by atoms with E-state index in [1.807, 2.05) is 0 Å². The summed E-state index contributed by atoms with van der Waals surface area (Å²) < 4.78 is 27.3. The number of carbonyl (C=O) groups is 1. The van der Waals surface area contributed by atoms with Crippen LogP contribution in [0.2, 0.25) is 0 Å². The lowest BCUT2D eigenvalue weighted by Gasteiger charge is -1.99. The van der Waals surface area contributed by atoms with Gasteiger partial charge < -0.3 is 0 Å². The number of halogens is 1. The minimum absolute atomic E-state index is 0.00521. The Balaban J connectivity index is 1.98. The molecule has 0 spiro atoms. The van der Waals surface area contributed by atoms with Crippen LogP contribution in [0.4, 0.5) is 0 Å². The van der Waals surface area contributed by atoms with Gasteiger partial charge in [0.05, 0.1) is 10.3 Å². The molecule has 0 aliphatic rings. The van der Waals surface area contributed by atoms with Crippen molar-refractivity contribution in [2.45, 2.75) is 11.1 Å². The summed E-state index contributed by atoms with van der Waals surface area (Å²) in [6.07, 6.45) is 0. The highest BCUT2D eigenvalue weighted by Gasteiger charge is 2.14. The Kier molecular flexibility index (Phi) is 5.53. The molecule has 22 heavy (non-hydrogen) atoms. The summed E-state index contributed by atoms with van der Waals surface area (Å²) in [4.78, 5) is 11.1. The Morgan fingerprint density at radius 1 is 1.23 bits per heavy atom. The third kappa shape index (κ3) is 4.52. The topological polar surface area (TPSA) is 63.2 Å². The lowest BCUT2D eigenvalue weighted by molar-refractivity contribution is 0.101. The van der Waals surface area contributed by atoms with Gasteiger partial charge in [-0.3, -0.25) is 4.79 Å². The molecule has 1 heterocycles. The van der Waals surface area contributed by atoms with Crippen molar-refractivity contribution in [3.63, 3.8) is 0 Å². The van der Waals surface area contributed by atoms with E-state index in [0.29, 0.717) is 5.56 Å². The molecule has 2 aromatic rings. The molecule has 1 aromatic carbocycles. The number of ketones is 1. The lowest BCUT2D eigenvalue weighted by atomic mass is 10.1. The molecular weight excluding hydrogens is 386 g/mol. The van der Waals surface area contributed by atoms with Gasteiger partial charge in [0, 0.05) is 11.1 Å². The highest BCUT2D eigenvalue weighted by molar-refractivity contribution is 9.11. The molecule has 0 aliphatic heterocycles. The monoisotopic (exact) mass is 397 g/mol. The van der Waals surface area contributed by atoms with Gasteiger partial charge in [-0.25, -0.2) is 8.42 Å². The average molecular weight is 398 g/mol. The van der Waals surface area contributed by atoms with Crippen LogP contribution in [0, 0.1) is 11.8 Å². The van der Waals surface area contributed by atoms with Crippen LogP contribution in [0.15, 0.2) is 44.4 Å². The van der Waals surface area contributed by atoms with Gasteiger partial charge in [0.1, 0.15) is 4.21 Å². The van der Waals surface area contributed by atoms with Crippen molar-refractivity contribution in [1.82, 2.24) is 4.72 Å². The maximum atomic E-state index is 11.9. The second-order valence-corrected chi connectivity index (χ2v) is 8.78. The fourth-order valence-corrected chi connectivity index (χ4v) is 4.56. The average Bonchev–Trinajstić information content (AvgIpc) is 2.92. The van der Waals surface area contributed by atoms with Gasteiger partial charge in [0.2, 0.25) is 0 Å². The SMILES string of the molecule is CC(=O)c1ccc(C#CCNS(=O)(=O)c2ccc(Br)s2)cc1. The largest absolute Gasteiger partial charge is 0.295 e. The number of nitrogens with one attached hydrogen (secondary N) is 1. The smallest absolute Gasteiger partial charge is 0.250 e. The lowest BCUT2D eigenvalue weighted by Crippen LogP contribution is -2.23. The van der Waals surface area contributed by atoms with Gasteiger partial charge in [-0.1, -0.05) is 24.0 Å². The molecular formula is C15H12BrNO3S2. The van der Waals surface area contributed by atoms with E-state index < -0.39 is 10.0 Å². The predicted molar refractivity (Wildman–Crippen MR) is 90.5 cm³/mol. The van der Waals surface area contributed by atoms with E-state index in [-0.39, 0.29) is 16.5 Å². The van der Waals surface area contributed by atoms with Gasteiger partial charge in [0.15, 0.2) is 5.78 Å².